The van der Waals surface area contributed by atoms with E-state index in [-0.39, 0.29) is 18.2 Å². The first-order valence-electron chi connectivity index (χ1n) is 6.10. The van der Waals surface area contributed by atoms with Crippen LogP contribution in [0.1, 0.15) is 32.1 Å². The Hall–Kier alpha value is -1.72. The van der Waals surface area contributed by atoms with Crippen molar-refractivity contribution in [3.05, 3.63) is 32.9 Å². The van der Waals surface area contributed by atoms with E-state index in [1.165, 1.54) is 0 Å². The van der Waals surface area contributed by atoms with Gasteiger partial charge < -0.3 is 0 Å². The minimum atomic E-state index is -1.05. The molecule has 5 nitrogen and oxygen atoms in total. The summed E-state index contributed by atoms with van der Waals surface area (Å²) in [6, 6.07) is 0. The van der Waals surface area contributed by atoms with Gasteiger partial charge in [-0.25, -0.2) is 4.79 Å². The van der Waals surface area contributed by atoms with E-state index in [4.69, 9.17) is 0 Å². The second kappa shape index (κ2) is 5.29. The molecule has 1 aliphatic carbocycles. The molecule has 0 aliphatic heterocycles. The van der Waals surface area contributed by atoms with Crippen molar-refractivity contribution in [2.75, 3.05) is 0 Å². The average molecular weight is 254 g/mol. The van der Waals surface area contributed by atoms with Gasteiger partial charge >= 0.3 is 5.69 Å². The third-order valence-corrected chi connectivity index (χ3v) is 3.35. The number of H-pyrrole nitrogens is 1. The fourth-order valence-corrected chi connectivity index (χ4v) is 2.32. The second-order valence-corrected chi connectivity index (χ2v) is 4.67. The molecule has 98 valence electrons. The van der Waals surface area contributed by atoms with Gasteiger partial charge in [0.1, 0.15) is 0 Å². The van der Waals surface area contributed by atoms with Gasteiger partial charge in [0, 0.05) is 5.92 Å². The third kappa shape index (κ3) is 2.75. The molecule has 1 aromatic heterocycles. The summed E-state index contributed by atoms with van der Waals surface area (Å²) in [6.07, 6.45) is 5.63. The van der Waals surface area contributed by atoms with Crippen LogP contribution in [-0.4, -0.2) is 15.3 Å². The number of hydrogen-bond donors (Lipinski definition) is 1. The Morgan fingerprint density at radius 1 is 1.33 bits per heavy atom. The molecule has 1 N–H and O–H groups in total. The van der Waals surface area contributed by atoms with Crippen LogP contribution in [0.15, 0.2) is 15.8 Å². The van der Waals surface area contributed by atoms with Gasteiger partial charge in [-0.2, -0.15) is 4.39 Å². The van der Waals surface area contributed by atoms with Gasteiger partial charge in [-0.3, -0.25) is 19.1 Å². The lowest BCUT2D eigenvalue weighted by Gasteiger charge is -2.20. The number of Topliss-reactive ketones (excluding diaryl/α,β-unsaturated/α-hetero) is 1. The molecule has 1 aliphatic rings. The molecule has 2 rings (SSSR count). The van der Waals surface area contributed by atoms with Crippen molar-refractivity contribution >= 4 is 5.78 Å². The van der Waals surface area contributed by atoms with Crippen LogP contribution < -0.4 is 11.2 Å². The van der Waals surface area contributed by atoms with Crippen LogP contribution in [-0.2, 0) is 11.3 Å². The lowest BCUT2D eigenvalue weighted by Crippen LogP contribution is -2.34. The maximum atomic E-state index is 13.0. The Morgan fingerprint density at radius 2 is 2.00 bits per heavy atom. The smallest absolute Gasteiger partial charge is 0.297 e. The van der Waals surface area contributed by atoms with E-state index < -0.39 is 17.1 Å². The molecule has 0 spiro atoms. The predicted octanol–water partition coefficient (Wildman–Crippen LogP) is 0.825. The largest absolute Gasteiger partial charge is 0.328 e. The highest BCUT2D eigenvalue weighted by Gasteiger charge is 2.21. The Balaban J connectivity index is 2.13. The summed E-state index contributed by atoms with van der Waals surface area (Å²) in [5, 5.41) is 0. The molecule has 0 saturated heterocycles. The quantitative estimate of drug-likeness (QED) is 0.868. The van der Waals surface area contributed by atoms with E-state index in [1.807, 2.05) is 4.98 Å². The summed E-state index contributed by atoms with van der Waals surface area (Å²) >= 11 is 0. The Labute approximate surface area is 103 Å². The molecule has 18 heavy (non-hydrogen) atoms. The van der Waals surface area contributed by atoms with Gasteiger partial charge in [-0.1, -0.05) is 19.3 Å². The number of ketones is 1. The van der Waals surface area contributed by atoms with Crippen molar-refractivity contribution < 1.29 is 9.18 Å². The van der Waals surface area contributed by atoms with Crippen LogP contribution in [0.3, 0.4) is 0 Å². The number of nitrogens with zero attached hydrogens (tertiary/aromatic N) is 1. The Bertz CT molecular complexity index is 555. The number of halogens is 1. The van der Waals surface area contributed by atoms with Gasteiger partial charge in [0.15, 0.2) is 5.78 Å². The van der Waals surface area contributed by atoms with E-state index in [9.17, 15) is 18.8 Å². The van der Waals surface area contributed by atoms with Gasteiger partial charge in [0.2, 0.25) is 5.82 Å². The summed E-state index contributed by atoms with van der Waals surface area (Å²) in [5.74, 6) is -1.16. The summed E-state index contributed by atoms with van der Waals surface area (Å²) in [7, 11) is 0. The highest BCUT2D eigenvalue weighted by atomic mass is 19.1. The van der Waals surface area contributed by atoms with E-state index in [0.29, 0.717) is 0 Å². The summed E-state index contributed by atoms with van der Waals surface area (Å²) < 4.78 is 14.0. The number of carbonyl (C=O) groups excluding carboxylic acids is 1. The van der Waals surface area contributed by atoms with Crippen LogP contribution in [0.25, 0.3) is 0 Å². The van der Waals surface area contributed by atoms with Gasteiger partial charge in [0.25, 0.3) is 5.56 Å². The first-order valence-corrected chi connectivity index (χ1v) is 6.10. The molecular weight excluding hydrogens is 239 g/mol. The van der Waals surface area contributed by atoms with Crippen LogP contribution in [0.4, 0.5) is 4.39 Å². The van der Waals surface area contributed by atoms with Crippen LogP contribution >= 0.6 is 0 Å². The zero-order valence-electron chi connectivity index (χ0n) is 9.95. The van der Waals surface area contributed by atoms with Crippen LogP contribution in [0, 0.1) is 11.7 Å². The maximum absolute atomic E-state index is 13.0. The zero-order chi connectivity index (χ0) is 13.1. The average Bonchev–Trinajstić information content (AvgIpc) is 2.37. The molecule has 1 saturated carbocycles. The molecule has 0 aromatic carbocycles. The van der Waals surface area contributed by atoms with E-state index >= 15 is 0 Å². The zero-order valence-corrected chi connectivity index (χ0v) is 9.95. The third-order valence-electron chi connectivity index (χ3n) is 3.35. The van der Waals surface area contributed by atoms with Crippen molar-refractivity contribution in [1.29, 1.82) is 0 Å². The molecule has 0 amide bonds. The minimum absolute atomic E-state index is 0.0411. The lowest BCUT2D eigenvalue weighted by molar-refractivity contribution is -0.124. The summed E-state index contributed by atoms with van der Waals surface area (Å²) in [6.45, 7) is -0.169. The number of aromatic amines is 1. The fourth-order valence-electron chi connectivity index (χ4n) is 2.32. The van der Waals surface area contributed by atoms with Crippen LogP contribution in [0.5, 0.6) is 0 Å². The van der Waals surface area contributed by atoms with Crippen molar-refractivity contribution in [3.63, 3.8) is 0 Å². The molecule has 6 heteroatoms. The molecule has 0 bridgehead atoms. The topological polar surface area (TPSA) is 71.9 Å². The first-order chi connectivity index (χ1) is 8.58. The molecule has 0 atom stereocenters. The van der Waals surface area contributed by atoms with Crippen molar-refractivity contribution in [2.24, 2.45) is 5.92 Å². The monoisotopic (exact) mass is 254 g/mol. The molecule has 1 aromatic rings. The Morgan fingerprint density at radius 3 is 2.67 bits per heavy atom. The SMILES string of the molecule is O=C(Cn1cc(F)c(=O)[nH]c1=O)C1CCCCC1. The maximum Gasteiger partial charge on any atom is 0.328 e. The minimum Gasteiger partial charge on any atom is -0.297 e. The molecule has 0 radical (unpaired) electrons. The normalized spacial score (nSPS) is 16.7. The van der Waals surface area contributed by atoms with E-state index in [1.54, 1.807) is 0 Å². The van der Waals surface area contributed by atoms with Gasteiger partial charge in [-0.15, -0.1) is 0 Å². The Kier molecular flexibility index (Phi) is 3.74. The van der Waals surface area contributed by atoms with E-state index in [2.05, 4.69) is 0 Å². The summed E-state index contributed by atoms with van der Waals surface area (Å²) in [5.41, 5.74) is -1.80. The second-order valence-electron chi connectivity index (χ2n) is 4.67. The first kappa shape index (κ1) is 12.7. The molecule has 1 heterocycles. The number of hydrogen-bond acceptors (Lipinski definition) is 3. The van der Waals surface area contributed by atoms with Gasteiger partial charge in [-0.05, 0) is 12.8 Å². The number of aromatic nitrogens is 2. The standard InChI is InChI=1S/C12H15FN2O3/c13-9-6-15(12(18)14-11(9)17)7-10(16)8-4-2-1-3-5-8/h6,8H,1-5,7H2,(H,14,17,18). The number of carbonyl (C=O) groups is 1. The molecule has 1 fully saturated rings. The van der Waals surface area contributed by atoms with Crippen molar-refractivity contribution in [1.82, 2.24) is 9.55 Å². The lowest BCUT2D eigenvalue weighted by atomic mass is 9.86. The van der Waals surface area contributed by atoms with E-state index in [0.717, 1.165) is 42.9 Å². The number of rotatable bonds is 3. The van der Waals surface area contributed by atoms with Gasteiger partial charge in [0.05, 0.1) is 12.7 Å². The number of nitrogens with one attached hydrogen (secondary N) is 1. The highest BCUT2D eigenvalue weighted by molar-refractivity contribution is 5.80. The van der Waals surface area contributed by atoms with Crippen molar-refractivity contribution in [3.8, 4) is 0 Å². The summed E-state index contributed by atoms with van der Waals surface area (Å²) in [4.78, 5) is 36.0. The predicted molar refractivity (Wildman–Crippen MR) is 62.9 cm³/mol. The molecule has 0 unspecified atom stereocenters. The highest BCUT2D eigenvalue weighted by Crippen LogP contribution is 2.24. The van der Waals surface area contributed by atoms with Crippen molar-refractivity contribution in [2.45, 2.75) is 38.6 Å². The molecular formula is C12H15FN2O3. The fraction of sp³-hybridized carbons (Fsp3) is 0.583. The van der Waals surface area contributed by atoms with Crippen LogP contribution in [0.2, 0.25) is 0 Å².